The molecular weight excluding hydrogens is 299 g/mol. The van der Waals surface area contributed by atoms with Gasteiger partial charge >= 0.3 is 36.2 Å². The first kappa shape index (κ1) is 20.3. The minimum Gasteiger partial charge on any atom is -0.743 e. The van der Waals surface area contributed by atoms with Crippen LogP contribution < -0.4 is 18.9 Å². The molecule has 0 bridgehead atoms. The Morgan fingerprint density at radius 1 is 1.00 bits per heavy atom. The molecule has 0 aliphatic heterocycles. The van der Waals surface area contributed by atoms with Crippen LogP contribution in [0.25, 0.3) is 0 Å². The van der Waals surface area contributed by atoms with Gasteiger partial charge in [-0.05, 0) is 0 Å². The number of alkyl halides is 8. The van der Waals surface area contributed by atoms with E-state index in [4.69, 9.17) is 0 Å². The second-order valence-corrected chi connectivity index (χ2v) is 4.30. The van der Waals surface area contributed by atoms with Gasteiger partial charge in [-0.25, -0.2) is 12.8 Å². The van der Waals surface area contributed by atoms with Gasteiger partial charge in [-0.2, -0.15) is 30.7 Å². The summed E-state index contributed by atoms with van der Waals surface area (Å²) in [6.07, 6.45) is -13.1. The summed E-state index contributed by atoms with van der Waals surface area (Å²) >= 11 is 0. The molecule has 3 nitrogen and oxygen atoms in total. The zero-order valence-electron chi connectivity index (χ0n) is 8.44. The van der Waals surface area contributed by atoms with E-state index in [0.717, 1.165) is 0 Å². The van der Waals surface area contributed by atoms with Crippen LogP contribution in [0, 0.1) is 0 Å². The summed E-state index contributed by atoms with van der Waals surface area (Å²) in [6.45, 7) is 0. The number of rotatable bonds is 4. The summed E-state index contributed by atoms with van der Waals surface area (Å²) in [6, 6.07) is 0. The fourth-order valence-corrected chi connectivity index (χ4v) is 1.14. The normalized spacial score (nSPS) is 16.1. The molecule has 1 atom stereocenters. The molecule has 0 radical (unpaired) electrons. The smallest absolute Gasteiger partial charge is 0.743 e. The van der Waals surface area contributed by atoms with Gasteiger partial charge in [0.25, 0.3) is 0 Å². The van der Waals surface area contributed by atoms with Gasteiger partial charge in [-0.3, -0.25) is 0 Å². The minimum absolute atomic E-state index is 0. The van der Waals surface area contributed by atoms with Gasteiger partial charge in [-0.1, -0.05) is 0 Å². The zero-order valence-corrected chi connectivity index (χ0v) is 9.26. The summed E-state index contributed by atoms with van der Waals surface area (Å²) in [5.41, 5.74) is 0. The van der Waals surface area contributed by atoms with Crippen molar-refractivity contribution < 1.29 is 67.0 Å². The van der Waals surface area contributed by atoms with Crippen molar-refractivity contribution in [3.63, 3.8) is 0 Å². The van der Waals surface area contributed by atoms with Crippen LogP contribution in [-0.4, -0.2) is 36.5 Å². The summed E-state index contributed by atoms with van der Waals surface area (Å²) in [7, 11) is -7.00. The molecule has 0 amide bonds. The Kier molecular flexibility index (Phi) is 6.21. The van der Waals surface area contributed by atoms with Crippen LogP contribution in [0.3, 0.4) is 0 Å². The van der Waals surface area contributed by atoms with Crippen molar-refractivity contribution in [2.24, 2.45) is 0 Å². The molecule has 0 aliphatic rings. The molecule has 0 fully saturated rings. The van der Waals surface area contributed by atoms with Crippen LogP contribution in [0.5, 0.6) is 0 Å². The van der Waals surface area contributed by atoms with Gasteiger partial charge in [0.15, 0.2) is 16.3 Å². The summed E-state index contributed by atoms with van der Waals surface area (Å²) < 4.78 is 125. The molecule has 0 saturated carbocycles. The van der Waals surface area contributed by atoms with Crippen LogP contribution in [0.4, 0.5) is 35.1 Å². The van der Waals surface area contributed by atoms with E-state index in [2.05, 4.69) is 0 Å². The molecule has 1 unspecified atom stereocenters. The first-order valence-corrected chi connectivity index (χ1v) is 4.95. The second-order valence-electron chi connectivity index (χ2n) is 2.88. The molecular formula is C5H3F8LiO3S. The maximum atomic E-state index is 12.4. The van der Waals surface area contributed by atoms with E-state index in [1.165, 1.54) is 0 Å². The zero-order chi connectivity index (χ0) is 14.3. The molecule has 0 aromatic heterocycles. The first-order valence-electron chi connectivity index (χ1n) is 3.55. The molecule has 0 N–H and O–H groups in total. The Morgan fingerprint density at radius 3 is 1.56 bits per heavy atom. The maximum Gasteiger partial charge on any atom is 1.00 e. The molecule has 0 aromatic rings. The van der Waals surface area contributed by atoms with E-state index >= 15 is 0 Å². The molecule has 0 aromatic carbocycles. The van der Waals surface area contributed by atoms with Crippen LogP contribution in [0.1, 0.15) is 6.42 Å². The fourth-order valence-electron chi connectivity index (χ4n) is 0.680. The van der Waals surface area contributed by atoms with E-state index in [0.29, 0.717) is 0 Å². The third-order valence-corrected chi connectivity index (χ3v) is 2.41. The largest absolute Gasteiger partial charge is 1.00 e. The van der Waals surface area contributed by atoms with Crippen molar-refractivity contribution in [3.8, 4) is 0 Å². The predicted octanol–water partition coefficient (Wildman–Crippen LogP) is -0.946. The maximum absolute atomic E-state index is 12.4. The average molecular weight is 302 g/mol. The standard InChI is InChI=1S/C5H4F8O3S.Li/c6-2(1-3(7,8)9)4(10,11)5(12,13)17(14,15)16;/h2H,1H2,(H,14,15,16);/q;+1/p-1. The van der Waals surface area contributed by atoms with Crippen molar-refractivity contribution >= 4 is 10.1 Å². The third kappa shape index (κ3) is 4.25. The van der Waals surface area contributed by atoms with Gasteiger partial charge < -0.3 is 4.55 Å². The third-order valence-electron chi connectivity index (χ3n) is 1.51. The predicted molar refractivity (Wildman–Crippen MR) is 35.2 cm³/mol. The van der Waals surface area contributed by atoms with Crippen molar-refractivity contribution in [1.82, 2.24) is 0 Å². The van der Waals surface area contributed by atoms with Gasteiger partial charge in [-0.15, -0.1) is 0 Å². The van der Waals surface area contributed by atoms with Crippen molar-refractivity contribution in [2.45, 2.75) is 29.9 Å². The molecule has 0 rings (SSSR count). The molecule has 13 heteroatoms. The van der Waals surface area contributed by atoms with Crippen LogP contribution in [0.15, 0.2) is 0 Å². The summed E-state index contributed by atoms with van der Waals surface area (Å²) in [4.78, 5) is 0. The minimum atomic E-state index is -7.00. The Labute approximate surface area is 107 Å². The van der Waals surface area contributed by atoms with E-state index < -0.39 is 40.1 Å². The van der Waals surface area contributed by atoms with Crippen molar-refractivity contribution in [3.05, 3.63) is 0 Å². The molecule has 0 spiro atoms. The average Bonchev–Trinajstić information content (AvgIpc) is 1.97. The number of halogens is 8. The molecule has 0 heterocycles. The monoisotopic (exact) mass is 302 g/mol. The first-order chi connectivity index (χ1) is 7.13. The molecule has 104 valence electrons. The van der Waals surface area contributed by atoms with E-state index in [1.54, 1.807) is 0 Å². The topological polar surface area (TPSA) is 57.2 Å². The van der Waals surface area contributed by atoms with Crippen LogP contribution in [-0.2, 0) is 10.1 Å². The Morgan fingerprint density at radius 2 is 1.33 bits per heavy atom. The summed E-state index contributed by atoms with van der Waals surface area (Å²) in [5, 5.41) is -6.47. The quantitative estimate of drug-likeness (QED) is 0.382. The molecule has 0 saturated heterocycles. The van der Waals surface area contributed by atoms with Gasteiger partial charge in [0, 0.05) is 0 Å². The van der Waals surface area contributed by atoms with E-state index in [-0.39, 0.29) is 18.9 Å². The van der Waals surface area contributed by atoms with Gasteiger partial charge in [0.2, 0.25) is 0 Å². The van der Waals surface area contributed by atoms with E-state index in [1.807, 2.05) is 0 Å². The molecule has 0 aliphatic carbocycles. The van der Waals surface area contributed by atoms with Crippen molar-refractivity contribution in [2.75, 3.05) is 0 Å². The van der Waals surface area contributed by atoms with Crippen LogP contribution >= 0.6 is 0 Å². The Hall–Kier alpha value is -0.0526. The Bertz CT molecular complexity index is 377. The van der Waals surface area contributed by atoms with Gasteiger partial charge in [0.1, 0.15) is 0 Å². The fraction of sp³-hybridized carbons (Fsp3) is 1.00. The number of hydrogen-bond donors (Lipinski definition) is 0. The SMILES string of the molecule is O=S(=O)([O-])C(F)(F)C(F)(F)C(F)CC(F)(F)F.[Li+]. The Balaban J connectivity index is 0. The van der Waals surface area contributed by atoms with Crippen LogP contribution in [0.2, 0.25) is 0 Å². The number of hydrogen-bond acceptors (Lipinski definition) is 3. The second kappa shape index (κ2) is 5.52. The van der Waals surface area contributed by atoms with Crippen molar-refractivity contribution in [1.29, 1.82) is 0 Å². The van der Waals surface area contributed by atoms with E-state index in [9.17, 15) is 48.1 Å². The van der Waals surface area contributed by atoms with Gasteiger partial charge in [0.05, 0.1) is 6.42 Å². The summed E-state index contributed by atoms with van der Waals surface area (Å²) in [5.74, 6) is -6.27. The molecule has 18 heavy (non-hydrogen) atoms.